The third-order valence-corrected chi connectivity index (χ3v) is 2.82. The van der Waals surface area contributed by atoms with Crippen LogP contribution in [-0.4, -0.2) is 9.97 Å². The number of hydrogen-bond donors (Lipinski definition) is 0. The third kappa shape index (κ3) is 1.24. The van der Waals surface area contributed by atoms with Crippen molar-refractivity contribution in [1.29, 1.82) is 0 Å². The normalized spacial score (nSPS) is 17.5. The lowest BCUT2D eigenvalue weighted by Crippen LogP contribution is -2.13. The van der Waals surface area contributed by atoms with Gasteiger partial charge in [0, 0.05) is 5.92 Å². The molecule has 0 spiro atoms. The zero-order valence-corrected chi connectivity index (χ0v) is 8.01. The highest BCUT2D eigenvalue weighted by Crippen LogP contribution is 2.37. The zero-order chi connectivity index (χ0) is 8.55. The van der Waals surface area contributed by atoms with Gasteiger partial charge in [-0.3, -0.25) is 0 Å². The molecule has 2 rings (SSSR count). The summed E-state index contributed by atoms with van der Waals surface area (Å²) in [5, 5.41) is 0. The first-order valence-corrected chi connectivity index (χ1v) is 4.74. The van der Waals surface area contributed by atoms with Crippen LogP contribution in [0, 0.1) is 5.82 Å². The van der Waals surface area contributed by atoms with Crippen LogP contribution in [0.4, 0.5) is 4.39 Å². The van der Waals surface area contributed by atoms with Crippen LogP contribution in [0.5, 0.6) is 0 Å². The van der Waals surface area contributed by atoms with Gasteiger partial charge in [0.25, 0.3) is 0 Å². The summed E-state index contributed by atoms with van der Waals surface area (Å²) >= 11 is 3.04. The van der Waals surface area contributed by atoms with Gasteiger partial charge in [-0.2, -0.15) is 0 Å². The van der Waals surface area contributed by atoms with Crippen LogP contribution < -0.4 is 0 Å². The molecule has 0 saturated heterocycles. The third-order valence-electron chi connectivity index (χ3n) is 2.27. The second kappa shape index (κ2) is 3.09. The van der Waals surface area contributed by atoms with Gasteiger partial charge >= 0.3 is 0 Å². The minimum Gasteiger partial charge on any atom is -0.238 e. The van der Waals surface area contributed by atoms with Gasteiger partial charge in [0.05, 0.1) is 5.69 Å². The first-order valence-electron chi connectivity index (χ1n) is 3.95. The highest BCUT2D eigenvalue weighted by molar-refractivity contribution is 9.10. The van der Waals surface area contributed by atoms with E-state index in [1.807, 2.05) is 0 Å². The summed E-state index contributed by atoms with van der Waals surface area (Å²) in [4.78, 5) is 7.66. The largest absolute Gasteiger partial charge is 0.238 e. The molecule has 0 aromatic carbocycles. The minimum absolute atomic E-state index is 0.277. The Hall–Kier alpha value is -0.510. The second-order valence-corrected chi connectivity index (χ2v) is 3.74. The number of halogens is 2. The van der Waals surface area contributed by atoms with Crippen LogP contribution in [0.15, 0.2) is 10.9 Å². The lowest BCUT2D eigenvalue weighted by atomic mass is 9.83. The fourth-order valence-electron chi connectivity index (χ4n) is 1.33. The molecular weight excluding hydrogens is 223 g/mol. The molecular formula is C8H8BrFN2. The van der Waals surface area contributed by atoms with Crippen LogP contribution >= 0.6 is 15.9 Å². The predicted octanol–water partition coefficient (Wildman–Crippen LogP) is 2.65. The van der Waals surface area contributed by atoms with Crippen molar-refractivity contribution in [3.05, 3.63) is 22.4 Å². The van der Waals surface area contributed by atoms with Crippen molar-refractivity contribution in [3.8, 4) is 0 Å². The molecule has 12 heavy (non-hydrogen) atoms. The van der Waals surface area contributed by atoms with Crippen molar-refractivity contribution in [2.24, 2.45) is 0 Å². The Bertz CT molecular complexity index is 299. The van der Waals surface area contributed by atoms with Crippen molar-refractivity contribution < 1.29 is 4.39 Å². The fraction of sp³-hybridized carbons (Fsp3) is 0.500. The molecule has 1 aliphatic carbocycles. The number of rotatable bonds is 1. The SMILES string of the molecule is Fc1c(Br)ncnc1C1CCC1. The van der Waals surface area contributed by atoms with Crippen LogP contribution in [-0.2, 0) is 0 Å². The van der Waals surface area contributed by atoms with E-state index in [4.69, 9.17) is 0 Å². The molecule has 0 aliphatic heterocycles. The summed E-state index contributed by atoms with van der Waals surface area (Å²) in [7, 11) is 0. The fourth-order valence-corrected chi connectivity index (χ4v) is 1.62. The van der Waals surface area contributed by atoms with Gasteiger partial charge in [-0.1, -0.05) is 6.42 Å². The van der Waals surface area contributed by atoms with Gasteiger partial charge in [-0.25, -0.2) is 14.4 Å². The van der Waals surface area contributed by atoms with Crippen LogP contribution in [0.1, 0.15) is 30.9 Å². The Morgan fingerprint density at radius 1 is 1.42 bits per heavy atom. The van der Waals surface area contributed by atoms with Crippen LogP contribution in [0.25, 0.3) is 0 Å². The van der Waals surface area contributed by atoms with Crippen molar-refractivity contribution in [2.75, 3.05) is 0 Å². The lowest BCUT2D eigenvalue weighted by molar-refractivity contribution is 0.391. The van der Waals surface area contributed by atoms with Gasteiger partial charge in [0.2, 0.25) is 0 Å². The summed E-state index contributed by atoms with van der Waals surface area (Å²) in [6.45, 7) is 0. The summed E-state index contributed by atoms with van der Waals surface area (Å²) in [5.74, 6) is 0.0338. The first kappa shape index (κ1) is 8.10. The lowest BCUT2D eigenvalue weighted by Gasteiger charge is -2.24. The second-order valence-electron chi connectivity index (χ2n) is 2.99. The Kier molecular flexibility index (Phi) is 2.09. The van der Waals surface area contributed by atoms with Crippen LogP contribution in [0.3, 0.4) is 0 Å². The monoisotopic (exact) mass is 230 g/mol. The minimum atomic E-state index is -0.290. The van der Waals surface area contributed by atoms with Crippen molar-refractivity contribution in [3.63, 3.8) is 0 Å². The Morgan fingerprint density at radius 2 is 2.17 bits per heavy atom. The van der Waals surface area contributed by atoms with E-state index in [-0.39, 0.29) is 10.4 Å². The number of nitrogens with zero attached hydrogens (tertiary/aromatic N) is 2. The maximum atomic E-state index is 13.3. The molecule has 0 atom stereocenters. The quantitative estimate of drug-likeness (QED) is 0.694. The van der Waals surface area contributed by atoms with Crippen molar-refractivity contribution in [1.82, 2.24) is 9.97 Å². The Balaban J connectivity index is 2.36. The van der Waals surface area contributed by atoms with E-state index in [0.717, 1.165) is 12.8 Å². The maximum Gasteiger partial charge on any atom is 0.177 e. The number of aromatic nitrogens is 2. The highest BCUT2D eigenvalue weighted by Gasteiger charge is 2.25. The molecule has 0 unspecified atom stereocenters. The van der Waals surface area contributed by atoms with Gasteiger partial charge in [-0.15, -0.1) is 0 Å². The molecule has 4 heteroatoms. The number of hydrogen-bond acceptors (Lipinski definition) is 2. The molecule has 1 heterocycles. The Morgan fingerprint density at radius 3 is 2.75 bits per heavy atom. The predicted molar refractivity (Wildman–Crippen MR) is 46.3 cm³/mol. The molecule has 0 bridgehead atoms. The van der Waals surface area contributed by atoms with Crippen LogP contribution in [0.2, 0.25) is 0 Å². The molecule has 0 amide bonds. The molecule has 1 aromatic rings. The van der Waals surface area contributed by atoms with Gasteiger partial charge in [0.15, 0.2) is 5.82 Å². The Labute approximate surface area is 78.4 Å². The van der Waals surface area contributed by atoms with Gasteiger partial charge in [-0.05, 0) is 28.8 Å². The van der Waals surface area contributed by atoms with E-state index < -0.39 is 0 Å². The summed E-state index contributed by atoms with van der Waals surface area (Å²) in [6, 6.07) is 0. The highest BCUT2D eigenvalue weighted by atomic mass is 79.9. The maximum absolute atomic E-state index is 13.3. The van der Waals surface area contributed by atoms with Gasteiger partial charge in [0.1, 0.15) is 10.9 Å². The molecule has 0 N–H and O–H groups in total. The molecule has 1 aliphatic rings. The molecule has 2 nitrogen and oxygen atoms in total. The van der Waals surface area contributed by atoms with Crippen molar-refractivity contribution in [2.45, 2.75) is 25.2 Å². The average Bonchev–Trinajstić information content (AvgIpc) is 1.95. The molecule has 1 saturated carbocycles. The van der Waals surface area contributed by atoms with E-state index in [2.05, 4.69) is 25.9 Å². The molecule has 64 valence electrons. The summed E-state index contributed by atoms with van der Waals surface area (Å²) < 4.78 is 13.6. The van der Waals surface area contributed by atoms with E-state index >= 15 is 0 Å². The van der Waals surface area contributed by atoms with Crippen molar-refractivity contribution >= 4 is 15.9 Å². The van der Waals surface area contributed by atoms with E-state index in [1.165, 1.54) is 12.7 Å². The van der Waals surface area contributed by atoms with Gasteiger partial charge < -0.3 is 0 Å². The molecule has 0 radical (unpaired) electrons. The summed E-state index contributed by atoms with van der Waals surface area (Å²) in [6.07, 6.45) is 4.70. The smallest absolute Gasteiger partial charge is 0.177 e. The van der Waals surface area contributed by atoms with E-state index in [9.17, 15) is 4.39 Å². The first-order chi connectivity index (χ1) is 5.79. The summed E-state index contributed by atoms with van der Waals surface area (Å²) in [5.41, 5.74) is 0.572. The molecule has 1 fully saturated rings. The topological polar surface area (TPSA) is 25.8 Å². The average molecular weight is 231 g/mol. The molecule has 1 aromatic heterocycles. The van der Waals surface area contributed by atoms with E-state index in [1.54, 1.807) is 0 Å². The van der Waals surface area contributed by atoms with E-state index in [0.29, 0.717) is 11.6 Å². The standard InChI is InChI=1S/C8H8BrFN2/c9-8-6(10)7(11-4-12-8)5-2-1-3-5/h4-5H,1-3H2. The zero-order valence-electron chi connectivity index (χ0n) is 6.43.